The van der Waals surface area contributed by atoms with Gasteiger partial charge in [0.2, 0.25) is 0 Å². The van der Waals surface area contributed by atoms with E-state index in [0.717, 1.165) is 17.8 Å². The summed E-state index contributed by atoms with van der Waals surface area (Å²) in [5, 5.41) is 3.22. The first-order valence-electron chi connectivity index (χ1n) is 4.78. The SMILES string of the molecule is CC#CCC(NC)c1cccc(C)n1. The zero-order valence-corrected chi connectivity index (χ0v) is 8.96. The third kappa shape index (κ3) is 2.86. The number of nitrogens with one attached hydrogen (secondary N) is 1. The molecular weight excluding hydrogens is 172 g/mol. The van der Waals surface area contributed by atoms with Crippen molar-refractivity contribution in [2.24, 2.45) is 0 Å². The lowest BCUT2D eigenvalue weighted by atomic mass is 10.1. The van der Waals surface area contributed by atoms with Crippen LogP contribution in [0.3, 0.4) is 0 Å². The maximum absolute atomic E-state index is 4.47. The molecule has 0 radical (unpaired) electrons. The Kier molecular flexibility index (Phi) is 4.15. The Morgan fingerprint density at radius 2 is 2.29 bits per heavy atom. The van der Waals surface area contributed by atoms with Gasteiger partial charge in [-0.25, -0.2) is 0 Å². The fraction of sp³-hybridized carbons (Fsp3) is 0.417. The Labute approximate surface area is 85.8 Å². The van der Waals surface area contributed by atoms with Crippen LogP contribution >= 0.6 is 0 Å². The van der Waals surface area contributed by atoms with Gasteiger partial charge in [-0.3, -0.25) is 4.98 Å². The fourth-order valence-corrected chi connectivity index (χ4v) is 1.32. The van der Waals surface area contributed by atoms with Gasteiger partial charge < -0.3 is 5.32 Å². The van der Waals surface area contributed by atoms with Crippen molar-refractivity contribution in [3.63, 3.8) is 0 Å². The van der Waals surface area contributed by atoms with Crippen LogP contribution in [0.5, 0.6) is 0 Å². The lowest BCUT2D eigenvalue weighted by Gasteiger charge is -2.12. The average molecular weight is 188 g/mol. The van der Waals surface area contributed by atoms with Crippen molar-refractivity contribution in [3.05, 3.63) is 29.6 Å². The molecule has 14 heavy (non-hydrogen) atoms. The van der Waals surface area contributed by atoms with Crippen molar-refractivity contribution in [2.45, 2.75) is 26.3 Å². The van der Waals surface area contributed by atoms with Gasteiger partial charge in [0.25, 0.3) is 0 Å². The third-order valence-corrected chi connectivity index (χ3v) is 2.10. The fourth-order valence-electron chi connectivity index (χ4n) is 1.32. The van der Waals surface area contributed by atoms with Gasteiger partial charge in [0.1, 0.15) is 0 Å². The molecule has 1 heterocycles. The summed E-state index contributed by atoms with van der Waals surface area (Å²) in [4.78, 5) is 4.47. The minimum absolute atomic E-state index is 0.238. The van der Waals surface area contributed by atoms with Gasteiger partial charge in [0.15, 0.2) is 0 Å². The van der Waals surface area contributed by atoms with Gasteiger partial charge in [-0.05, 0) is 33.0 Å². The molecule has 2 heteroatoms. The molecule has 0 aliphatic heterocycles. The van der Waals surface area contributed by atoms with E-state index in [2.05, 4.69) is 22.1 Å². The van der Waals surface area contributed by atoms with Crippen molar-refractivity contribution in [3.8, 4) is 11.8 Å². The van der Waals surface area contributed by atoms with Crippen LogP contribution < -0.4 is 5.32 Å². The lowest BCUT2D eigenvalue weighted by Crippen LogP contribution is -2.17. The monoisotopic (exact) mass is 188 g/mol. The topological polar surface area (TPSA) is 24.9 Å². The smallest absolute Gasteiger partial charge is 0.0603 e. The van der Waals surface area contributed by atoms with Crippen LogP contribution in [0.4, 0.5) is 0 Å². The van der Waals surface area contributed by atoms with Gasteiger partial charge in [-0.15, -0.1) is 11.8 Å². The summed E-state index contributed by atoms with van der Waals surface area (Å²) < 4.78 is 0. The second-order valence-corrected chi connectivity index (χ2v) is 3.18. The number of hydrogen-bond donors (Lipinski definition) is 1. The maximum atomic E-state index is 4.47. The zero-order chi connectivity index (χ0) is 10.4. The molecule has 0 amide bonds. The maximum Gasteiger partial charge on any atom is 0.0603 e. The largest absolute Gasteiger partial charge is 0.311 e. The molecule has 0 saturated carbocycles. The number of rotatable bonds is 3. The van der Waals surface area contributed by atoms with Gasteiger partial charge in [-0.2, -0.15) is 0 Å². The molecule has 0 saturated heterocycles. The van der Waals surface area contributed by atoms with E-state index < -0.39 is 0 Å². The van der Waals surface area contributed by atoms with E-state index in [1.807, 2.05) is 39.1 Å². The summed E-state index contributed by atoms with van der Waals surface area (Å²) in [5.74, 6) is 5.96. The van der Waals surface area contributed by atoms with Crippen LogP contribution in [0.15, 0.2) is 18.2 Å². The number of pyridine rings is 1. The molecule has 1 aromatic rings. The van der Waals surface area contributed by atoms with Crippen LogP contribution in [0.25, 0.3) is 0 Å². The van der Waals surface area contributed by atoms with Crippen LogP contribution in [-0.2, 0) is 0 Å². The first-order chi connectivity index (χ1) is 6.77. The molecule has 0 aliphatic rings. The molecule has 1 rings (SSSR count). The van der Waals surface area contributed by atoms with Crippen molar-refractivity contribution < 1.29 is 0 Å². The Bertz CT molecular complexity index is 347. The molecule has 2 nitrogen and oxygen atoms in total. The van der Waals surface area contributed by atoms with Crippen molar-refractivity contribution in [1.29, 1.82) is 0 Å². The first kappa shape index (κ1) is 10.7. The molecule has 1 N–H and O–H groups in total. The third-order valence-electron chi connectivity index (χ3n) is 2.10. The number of aromatic nitrogens is 1. The highest BCUT2D eigenvalue weighted by Gasteiger charge is 2.08. The first-order valence-corrected chi connectivity index (χ1v) is 4.78. The molecule has 74 valence electrons. The number of aryl methyl sites for hydroxylation is 1. The van der Waals surface area contributed by atoms with Gasteiger partial charge >= 0.3 is 0 Å². The summed E-state index contributed by atoms with van der Waals surface area (Å²) >= 11 is 0. The van der Waals surface area contributed by atoms with E-state index in [1.54, 1.807) is 0 Å². The summed E-state index contributed by atoms with van der Waals surface area (Å²) in [7, 11) is 1.94. The summed E-state index contributed by atoms with van der Waals surface area (Å²) in [6.07, 6.45) is 0.809. The van der Waals surface area contributed by atoms with Gasteiger partial charge in [-0.1, -0.05) is 6.07 Å². The van der Waals surface area contributed by atoms with Gasteiger partial charge in [0, 0.05) is 12.1 Å². The molecule has 0 aliphatic carbocycles. The Morgan fingerprint density at radius 1 is 1.50 bits per heavy atom. The molecule has 0 aromatic carbocycles. The van der Waals surface area contributed by atoms with Crippen molar-refractivity contribution >= 4 is 0 Å². The molecular formula is C12H16N2. The van der Waals surface area contributed by atoms with Crippen molar-refractivity contribution in [2.75, 3.05) is 7.05 Å². The van der Waals surface area contributed by atoms with E-state index >= 15 is 0 Å². The second kappa shape index (κ2) is 5.41. The number of hydrogen-bond acceptors (Lipinski definition) is 2. The summed E-state index contributed by atoms with van der Waals surface area (Å²) in [6.45, 7) is 3.86. The molecule has 1 unspecified atom stereocenters. The minimum Gasteiger partial charge on any atom is -0.311 e. The highest BCUT2D eigenvalue weighted by Crippen LogP contribution is 2.13. The molecule has 0 spiro atoms. The average Bonchev–Trinajstić information content (AvgIpc) is 2.19. The van der Waals surface area contributed by atoms with E-state index in [1.165, 1.54) is 0 Å². The standard InChI is InChI=1S/C12H16N2/c1-4-5-8-11(13-3)12-9-6-7-10(2)14-12/h6-7,9,11,13H,8H2,1-3H3. The van der Waals surface area contributed by atoms with Gasteiger partial charge in [0.05, 0.1) is 11.7 Å². The molecule has 0 fully saturated rings. The lowest BCUT2D eigenvalue weighted by molar-refractivity contribution is 0.592. The normalized spacial score (nSPS) is 11.6. The second-order valence-electron chi connectivity index (χ2n) is 3.18. The Hall–Kier alpha value is -1.33. The van der Waals surface area contributed by atoms with Crippen LogP contribution in [0, 0.1) is 18.8 Å². The summed E-state index contributed by atoms with van der Waals surface area (Å²) in [5.41, 5.74) is 2.11. The van der Waals surface area contributed by atoms with E-state index in [-0.39, 0.29) is 6.04 Å². The van der Waals surface area contributed by atoms with E-state index in [9.17, 15) is 0 Å². The highest BCUT2D eigenvalue weighted by molar-refractivity contribution is 5.15. The van der Waals surface area contributed by atoms with Crippen LogP contribution in [0.1, 0.15) is 30.8 Å². The molecule has 1 aromatic heterocycles. The van der Waals surface area contributed by atoms with Crippen LogP contribution in [0.2, 0.25) is 0 Å². The quantitative estimate of drug-likeness (QED) is 0.734. The highest BCUT2D eigenvalue weighted by atomic mass is 14.9. The Balaban J connectivity index is 2.81. The molecule has 0 bridgehead atoms. The molecule has 1 atom stereocenters. The minimum atomic E-state index is 0.238. The van der Waals surface area contributed by atoms with Crippen molar-refractivity contribution in [1.82, 2.24) is 10.3 Å². The van der Waals surface area contributed by atoms with Crippen LogP contribution in [-0.4, -0.2) is 12.0 Å². The zero-order valence-electron chi connectivity index (χ0n) is 8.96. The number of nitrogens with zero attached hydrogens (tertiary/aromatic N) is 1. The predicted octanol–water partition coefficient (Wildman–Crippen LogP) is 2.06. The van der Waals surface area contributed by atoms with E-state index in [0.29, 0.717) is 0 Å². The predicted molar refractivity (Wildman–Crippen MR) is 58.8 cm³/mol. The Morgan fingerprint density at radius 3 is 2.86 bits per heavy atom. The summed E-state index contributed by atoms with van der Waals surface area (Å²) in [6, 6.07) is 6.30. The van der Waals surface area contributed by atoms with E-state index in [4.69, 9.17) is 0 Å².